The lowest BCUT2D eigenvalue weighted by atomic mass is 10.1. The van der Waals surface area contributed by atoms with Crippen LogP contribution in [0.1, 0.15) is 18.1 Å². The molecule has 0 radical (unpaired) electrons. The van der Waals surface area contributed by atoms with Crippen LogP contribution in [-0.2, 0) is 6.54 Å². The molecular weight excluding hydrogens is 229 g/mol. The molecule has 1 saturated heterocycles. The van der Waals surface area contributed by atoms with E-state index in [0.29, 0.717) is 18.2 Å². The smallest absolute Gasteiger partial charge is 0.145 e. The number of benzene rings is 1. The SMILES string of the molecule is CC1CN(C)CCN1Cc1cccc(C#N)c1F. The second-order valence-corrected chi connectivity index (χ2v) is 4.97. The Hall–Kier alpha value is -1.44. The summed E-state index contributed by atoms with van der Waals surface area (Å²) in [6.07, 6.45) is 0. The molecule has 3 nitrogen and oxygen atoms in total. The Kier molecular flexibility index (Phi) is 3.95. The predicted molar refractivity (Wildman–Crippen MR) is 68.5 cm³/mol. The summed E-state index contributed by atoms with van der Waals surface area (Å²) in [5.74, 6) is -0.369. The molecule has 0 bridgehead atoms. The summed E-state index contributed by atoms with van der Waals surface area (Å²) >= 11 is 0. The van der Waals surface area contributed by atoms with Gasteiger partial charge in [-0.25, -0.2) is 4.39 Å². The van der Waals surface area contributed by atoms with Gasteiger partial charge in [0.2, 0.25) is 0 Å². The van der Waals surface area contributed by atoms with Gasteiger partial charge in [0.25, 0.3) is 0 Å². The topological polar surface area (TPSA) is 30.3 Å². The number of halogens is 1. The number of likely N-dealkylation sites (N-methyl/N-ethyl adjacent to an activating group) is 1. The fraction of sp³-hybridized carbons (Fsp3) is 0.500. The zero-order valence-electron chi connectivity index (χ0n) is 10.9. The Morgan fingerprint density at radius 3 is 2.89 bits per heavy atom. The fourth-order valence-electron chi connectivity index (χ4n) is 2.42. The van der Waals surface area contributed by atoms with E-state index in [2.05, 4.69) is 23.8 Å². The van der Waals surface area contributed by atoms with Gasteiger partial charge in [-0.3, -0.25) is 4.90 Å². The van der Waals surface area contributed by atoms with Crippen molar-refractivity contribution in [3.8, 4) is 6.07 Å². The van der Waals surface area contributed by atoms with Crippen LogP contribution in [0, 0.1) is 17.1 Å². The molecule has 1 heterocycles. The molecule has 0 aliphatic carbocycles. The zero-order chi connectivity index (χ0) is 13.1. The molecule has 1 aliphatic rings. The van der Waals surface area contributed by atoms with Gasteiger partial charge in [-0.15, -0.1) is 0 Å². The summed E-state index contributed by atoms with van der Waals surface area (Å²) in [7, 11) is 2.10. The van der Waals surface area contributed by atoms with E-state index in [1.54, 1.807) is 12.1 Å². The van der Waals surface area contributed by atoms with Gasteiger partial charge in [-0.2, -0.15) is 5.26 Å². The number of hydrogen-bond donors (Lipinski definition) is 0. The van der Waals surface area contributed by atoms with Gasteiger partial charge in [0, 0.05) is 37.8 Å². The van der Waals surface area contributed by atoms with E-state index in [1.807, 2.05) is 6.07 Å². The molecule has 96 valence electrons. The van der Waals surface area contributed by atoms with E-state index >= 15 is 0 Å². The first-order valence-corrected chi connectivity index (χ1v) is 6.22. The monoisotopic (exact) mass is 247 g/mol. The van der Waals surface area contributed by atoms with E-state index in [-0.39, 0.29) is 11.4 Å². The molecule has 1 atom stereocenters. The third-order valence-corrected chi connectivity index (χ3v) is 3.54. The molecule has 2 rings (SSSR count). The van der Waals surface area contributed by atoms with Crippen LogP contribution in [0.15, 0.2) is 18.2 Å². The quantitative estimate of drug-likeness (QED) is 0.798. The Labute approximate surface area is 107 Å². The summed E-state index contributed by atoms with van der Waals surface area (Å²) in [5, 5.41) is 8.83. The molecular formula is C14H18FN3. The maximum atomic E-state index is 14.0. The minimum absolute atomic E-state index is 0.134. The average molecular weight is 247 g/mol. The lowest BCUT2D eigenvalue weighted by molar-refractivity contribution is 0.0928. The van der Waals surface area contributed by atoms with Crippen molar-refractivity contribution < 1.29 is 4.39 Å². The van der Waals surface area contributed by atoms with Crippen molar-refractivity contribution >= 4 is 0 Å². The van der Waals surface area contributed by atoms with Gasteiger partial charge in [0.05, 0.1) is 5.56 Å². The molecule has 18 heavy (non-hydrogen) atoms. The summed E-state index contributed by atoms with van der Waals surface area (Å²) in [6.45, 7) is 5.68. The Morgan fingerprint density at radius 2 is 2.22 bits per heavy atom. The third kappa shape index (κ3) is 2.69. The molecule has 0 saturated carbocycles. The maximum absolute atomic E-state index is 14.0. The molecule has 1 aliphatic heterocycles. The van der Waals surface area contributed by atoms with Crippen molar-refractivity contribution in [1.82, 2.24) is 9.80 Å². The summed E-state index contributed by atoms with van der Waals surface area (Å²) in [5.41, 5.74) is 0.750. The van der Waals surface area contributed by atoms with Crippen molar-refractivity contribution in [3.05, 3.63) is 35.1 Å². The van der Waals surface area contributed by atoms with Crippen LogP contribution in [0.2, 0.25) is 0 Å². The molecule has 1 unspecified atom stereocenters. The number of rotatable bonds is 2. The van der Waals surface area contributed by atoms with Crippen LogP contribution in [0.3, 0.4) is 0 Å². The van der Waals surface area contributed by atoms with Gasteiger partial charge < -0.3 is 4.90 Å². The van der Waals surface area contributed by atoms with Crippen LogP contribution in [-0.4, -0.2) is 42.5 Å². The van der Waals surface area contributed by atoms with Crippen molar-refractivity contribution in [1.29, 1.82) is 5.26 Å². The molecule has 4 heteroatoms. The third-order valence-electron chi connectivity index (χ3n) is 3.54. The molecule has 0 N–H and O–H groups in total. The summed E-state index contributed by atoms with van der Waals surface area (Å²) < 4.78 is 14.0. The van der Waals surface area contributed by atoms with E-state index in [1.165, 1.54) is 6.07 Å². The lowest BCUT2D eigenvalue weighted by Gasteiger charge is -2.38. The van der Waals surface area contributed by atoms with E-state index < -0.39 is 0 Å². The largest absolute Gasteiger partial charge is 0.304 e. The second kappa shape index (κ2) is 5.47. The van der Waals surface area contributed by atoms with Gasteiger partial charge in [0.1, 0.15) is 11.9 Å². The Balaban J connectivity index is 2.13. The molecule has 0 spiro atoms. The predicted octanol–water partition coefficient (Wildman–Crippen LogP) is 1.83. The lowest BCUT2D eigenvalue weighted by Crippen LogP contribution is -2.49. The highest BCUT2D eigenvalue weighted by atomic mass is 19.1. The normalized spacial score (nSPS) is 21.8. The minimum atomic E-state index is -0.369. The Bertz CT molecular complexity index is 467. The van der Waals surface area contributed by atoms with Crippen LogP contribution >= 0.6 is 0 Å². The van der Waals surface area contributed by atoms with Crippen molar-refractivity contribution in [2.75, 3.05) is 26.7 Å². The minimum Gasteiger partial charge on any atom is -0.304 e. The van der Waals surface area contributed by atoms with E-state index in [0.717, 1.165) is 19.6 Å². The second-order valence-electron chi connectivity index (χ2n) is 4.97. The first kappa shape index (κ1) is 13.0. The van der Waals surface area contributed by atoms with Gasteiger partial charge >= 0.3 is 0 Å². The number of nitrogens with zero attached hydrogens (tertiary/aromatic N) is 3. The number of piperazine rings is 1. The van der Waals surface area contributed by atoms with Crippen molar-refractivity contribution in [2.45, 2.75) is 19.5 Å². The fourth-order valence-corrected chi connectivity index (χ4v) is 2.42. The molecule has 0 aromatic heterocycles. The van der Waals surface area contributed by atoms with E-state index in [9.17, 15) is 4.39 Å². The number of hydrogen-bond acceptors (Lipinski definition) is 3. The van der Waals surface area contributed by atoms with Crippen molar-refractivity contribution in [2.24, 2.45) is 0 Å². The molecule has 1 aromatic rings. The van der Waals surface area contributed by atoms with Crippen LogP contribution in [0.25, 0.3) is 0 Å². The maximum Gasteiger partial charge on any atom is 0.145 e. The zero-order valence-corrected chi connectivity index (χ0v) is 10.9. The molecule has 1 fully saturated rings. The standard InChI is InChI=1S/C14H18FN3/c1-11-9-17(2)6-7-18(11)10-13-5-3-4-12(8-16)14(13)15/h3-5,11H,6-7,9-10H2,1-2H3. The van der Waals surface area contributed by atoms with Crippen LogP contribution < -0.4 is 0 Å². The molecule has 1 aromatic carbocycles. The average Bonchev–Trinajstić information content (AvgIpc) is 2.35. The first-order valence-electron chi connectivity index (χ1n) is 6.22. The highest BCUT2D eigenvalue weighted by Crippen LogP contribution is 2.17. The summed E-state index contributed by atoms with van der Waals surface area (Å²) in [4.78, 5) is 4.54. The van der Waals surface area contributed by atoms with Crippen LogP contribution in [0.4, 0.5) is 4.39 Å². The number of nitriles is 1. The van der Waals surface area contributed by atoms with E-state index in [4.69, 9.17) is 5.26 Å². The van der Waals surface area contributed by atoms with Gasteiger partial charge in [-0.1, -0.05) is 12.1 Å². The highest BCUT2D eigenvalue weighted by Gasteiger charge is 2.22. The Morgan fingerprint density at radius 1 is 1.44 bits per heavy atom. The summed E-state index contributed by atoms with van der Waals surface area (Å²) in [6, 6.07) is 7.33. The van der Waals surface area contributed by atoms with Gasteiger partial charge in [-0.05, 0) is 20.0 Å². The van der Waals surface area contributed by atoms with Gasteiger partial charge in [0.15, 0.2) is 0 Å². The first-order chi connectivity index (χ1) is 8.61. The highest BCUT2D eigenvalue weighted by molar-refractivity contribution is 5.34. The van der Waals surface area contributed by atoms with Crippen molar-refractivity contribution in [3.63, 3.8) is 0 Å². The van der Waals surface area contributed by atoms with Crippen LogP contribution in [0.5, 0.6) is 0 Å². The molecule has 0 amide bonds.